The van der Waals surface area contributed by atoms with Crippen molar-refractivity contribution in [3.8, 4) is 11.5 Å². The van der Waals surface area contributed by atoms with Crippen molar-refractivity contribution in [1.29, 1.82) is 0 Å². The fourth-order valence-electron chi connectivity index (χ4n) is 1.88. The fourth-order valence-corrected chi connectivity index (χ4v) is 1.88. The molecule has 6 heteroatoms. The molecule has 1 aromatic rings. The second-order valence-electron chi connectivity index (χ2n) is 4.48. The van der Waals surface area contributed by atoms with Gasteiger partial charge in [0.1, 0.15) is 5.54 Å². The van der Waals surface area contributed by atoms with Crippen LogP contribution in [0.3, 0.4) is 0 Å². The van der Waals surface area contributed by atoms with Gasteiger partial charge in [-0.3, -0.25) is 10.1 Å². The highest BCUT2D eigenvalue weighted by Gasteiger charge is 2.33. The van der Waals surface area contributed by atoms with Gasteiger partial charge >= 0.3 is 0 Å². The number of carbonyl (C=O) groups excluding carboxylic acids is 1. The quantitative estimate of drug-likeness (QED) is 0.684. The minimum Gasteiger partial charge on any atom is -0.493 e. The lowest BCUT2D eigenvalue weighted by Crippen LogP contribution is -2.51. The summed E-state index contributed by atoms with van der Waals surface area (Å²) in [5, 5.41) is 3.11. The van der Waals surface area contributed by atoms with E-state index >= 15 is 0 Å². The average Bonchev–Trinajstić information content (AvgIpc) is 2.46. The average molecular weight is 282 g/mol. The van der Waals surface area contributed by atoms with Crippen molar-refractivity contribution in [2.45, 2.75) is 12.5 Å². The number of amides is 1. The van der Waals surface area contributed by atoms with Crippen molar-refractivity contribution in [3.63, 3.8) is 0 Å². The van der Waals surface area contributed by atoms with Crippen LogP contribution in [0.25, 0.3) is 0 Å². The summed E-state index contributed by atoms with van der Waals surface area (Å²) in [5.41, 5.74) is 5.24. The molecule has 1 amide bonds. The first-order valence-corrected chi connectivity index (χ1v) is 6.26. The smallest absolute Gasteiger partial charge is 0.242 e. The molecule has 1 atom stereocenters. The Morgan fingerprint density at radius 1 is 1.25 bits per heavy atom. The number of hydrogen-bond donors (Lipinski definition) is 2. The highest BCUT2D eigenvalue weighted by Crippen LogP contribution is 2.32. The maximum absolute atomic E-state index is 11.8. The van der Waals surface area contributed by atoms with E-state index in [0.29, 0.717) is 30.2 Å². The molecule has 0 radical (unpaired) electrons. The lowest BCUT2D eigenvalue weighted by molar-refractivity contribution is -0.124. The van der Waals surface area contributed by atoms with Crippen LogP contribution in [0.4, 0.5) is 0 Å². The molecule has 1 unspecified atom stereocenters. The van der Waals surface area contributed by atoms with Gasteiger partial charge in [-0.25, -0.2) is 0 Å². The van der Waals surface area contributed by atoms with Crippen LogP contribution in [0.1, 0.15) is 12.5 Å². The van der Waals surface area contributed by atoms with Gasteiger partial charge in [-0.15, -0.1) is 0 Å². The molecule has 0 saturated carbocycles. The predicted octanol–water partition coefficient (Wildman–Crippen LogP) is 0.640. The van der Waals surface area contributed by atoms with E-state index in [0.717, 1.165) is 0 Å². The maximum atomic E-state index is 11.8. The van der Waals surface area contributed by atoms with Gasteiger partial charge in [0.05, 0.1) is 20.8 Å². The SMILES string of the molecule is COCCNC(C)(C(N)=O)c1ccc(OC)c(OC)c1. The van der Waals surface area contributed by atoms with E-state index in [2.05, 4.69) is 5.32 Å². The van der Waals surface area contributed by atoms with Gasteiger partial charge in [0, 0.05) is 13.7 Å². The minimum atomic E-state index is -1.00. The molecular weight excluding hydrogens is 260 g/mol. The van der Waals surface area contributed by atoms with Gasteiger partial charge in [0.25, 0.3) is 0 Å². The topological polar surface area (TPSA) is 82.8 Å². The highest BCUT2D eigenvalue weighted by molar-refractivity contribution is 5.86. The van der Waals surface area contributed by atoms with Gasteiger partial charge in [-0.05, 0) is 24.6 Å². The number of nitrogens with one attached hydrogen (secondary N) is 1. The molecular formula is C14H22N2O4. The molecule has 0 spiro atoms. The largest absolute Gasteiger partial charge is 0.493 e. The Morgan fingerprint density at radius 3 is 2.40 bits per heavy atom. The van der Waals surface area contributed by atoms with Crippen molar-refractivity contribution in [2.24, 2.45) is 5.73 Å². The molecule has 0 aliphatic carbocycles. The monoisotopic (exact) mass is 282 g/mol. The molecule has 112 valence electrons. The van der Waals surface area contributed by atoms with Gasteiger partial charge < -0.3 is 19.9 Å². The van der Waals surface area contributed by atoms with E-state index < -0.39 is 11.4 Å². The van der Waals surface area contributed by atoms with Crippen LogP contribution < -0.4 is 20.5 Å². The van der Waals surface area contributed by atoms with Gasteiger partial charge in [-0.1, -0.05) is 6.07 Å². The number of nitrogens with two attached hydrogens (primary N) is 1. The Hall–Kier alpha value is -1.79. The van der Waals surface area contributed by atoms with Crippen molar-refractivity contribution in [1.82, 2.24) is 5.32 Å². The normalized spacial score (nSPS) is 13.6. The third kappa shape index (κ3) is 3.40. The second-order valence-corrected chi connectivity index (χ2v) is 4.48. The number of carbonyl (C=O) groups is 1. The van der Waals surface area contributed by atoms with Crippen LogP contribution in [-0.4, -0.2) is 40.4 Å². The van der Waals surface area contributed by atoms with Crippen LogP contribution in [-0.2, 0) is 15.1 Å². The minimum absolute atomic E-state index is 0.471. The molecule has 0 aliphatic heterocycles. The summed E-state index contributed by atoms with van der Waals surface area (Å²) < 4.78 is 15.4. The molecule has 1 aromatic carbocycles. The highest BCUT2D eigenvalue weighted by atomic mass is 16.5. The molecule has 3 N–H and O–H groups in total. The van der Waals surface area contributed by atoms with Crippen molar-refractivity contribution in [2.75, 3.05) is 34.5 Å². The summed E-state index contributed by atoms with van der Waals surface area (Å²) in [5.74, 6) is 0.673. The van der Waals surface area contributed by atoms with E-state index in [9.17, 15) is 4.79 Å². The zero-order chi connectivity index (χ0) is 15.2. The molecule has 0 saturated heterocycles. The van der Waals surface area contributed by atoms with Crippen LogP contribution in [0.15, 0.2) is 18.2 Å². The van der Waals surface area contributed by atoms with E-state index in [1.54, 1.807) is 46.5 Å². The zero-order valence-electron chi connectivity index (χ0n) is 12.4. The van der Waals surface area contributed by atoms with E-state index in [4.69, 9.17) is 19.9 Å². The molecule has 0 aliphatic rings. The summed E-state index contributed by atoms with van der Waals surface area (Å²) in [7, 11) is 4.70. The molecule has 6 nitrogen and oxygen atoms in total. The zero-order valence-corrected chi connectivity index (χ0v) is 12.4. The third-order valence-electron chi connectivity index (χ3n) is 3.24. The van der Waals surface area contributed by atoms with Crippen LogP contribution in [0, 0.1) is 0 Å². The van der Waals surface area contributed by atoms with E-state index in [1.165, 1.54) is 0 Å². The number of ether oxygens (including phenoxy) is 3. The van der Waals surface area contributed by atoms with Crippen LogP contribution in [0.2, 0.25) is 0 Å². The lowest BCUT2D eigenvalue weighted by atomic mass is 9.90. The molecule has 0 aromatic heterocycles. The Bertz CT molecular complexity index is 464. The Balaban J connectivity index is 3.11. The number of rotatable bonds is 8. The second kappa shape index (κ2) is 7.12. The molecule has 20 heavy (non-hydrogen) atoms. The standard InChI is InChI=1S/C14H22N2O4/c1-14(13(15)17,16-7-8-18-2)10-5-6-11(19-3)12(9-10)20-4/h5-6,9,16H,7-8H2,1-4H3,(H2,15,17). The first-order chi connectivity index (χ1) is 9.49. The van der Waals surface area contributed by atoms with Crippen molar-refractivity contribution >= 4 is 5.91 Å². The van der Waals surface area contributed by atoms with Crippen LogP contribution in [0.5, 0.6) is 11.5 Å². The Labute approximate surface area is 119 Å². The van der Waals surface area contributed by atoms with Crippen molar-refractivity contribution < 1.29 is 19.0 Å². The summed E-state index contributed by atoms with van der Waals surface area (Å²) in [6, 6.07) is 5.27. The summed E-state index contributed by atoms with van der Waals surface area (Å²) in [4.78, 5) is 11.8. The molecule has 1 rings (SSSR count). The Kier molecular flexibility index (Phi) is 5.79. The first-order valence-electron chi connectivity index (χ1n) is 6.26. The number of benzene rings is 1. The molecule has 0 heterocycles. The number of methoxy groups -OCH3 is 3. The fraction of sp³-hybridized carbons (Fsp3) is 0.500. The predicted molar refractivity (Wildman–Crippen MR) is 76.0 cm³/mol. The van der Waals surface area contributed by atoms with E-state index in [1.807, 2.05) is 0 Å². The summed E-state index contributed by atoms with van der Waals surface area (Å²) >= 11 is 0. The van der Waals surface area contributed by atoms with Gasteiger partial charge in [-0.2, -0.15) is 0 Å². The maximum Gasteiger partial charge on any atom is 0.242 e. The number of primary amides is 1. The van der Waals surface area contributed by atoms with Crippen LogP contribution >= 0.6 is 0 Å². The summed E-state index contributed by atoms with van der Waals surface area (Å²) in [6.07, 6.45) is 0. The van der Waals surface area contributed by atoms with Gasteiger partial charge in [0.15, 0.2) is 11.5 Å². The first kappa shape index (κ1) is 16.3. The van der Waals surface area contributed by atoms with E-state index in [-0.39, 0.29) is 0 Å². The molecule has 0 fully saturated rings. The third-order valence-corrected chi connectivity index (χ3v) is 3.24. The van der Waals surface area contributed by atoms with Crippen molar-refractivity contribution in [3.05, 3.63) is 23.8 Å². The van der Waals surface area contributed by atoms with Gasteiger partial charge in [0.2, 0.25) is 5.91 Å². The Morgan fingerprint density at radius 2 is 1.90 bits per heavy atom. The number of hydrogen-bond acceptors (Lipinski definition) is 5. The summed E-state index contributed by atoms with van der Waals surface area (Å²) in [6.45, 7) is 2.71. The lowest BCUT2D eigenvalue weighted by Gasteiger charge is -2.28. The molecule has 0 bridgehead atoms.